The van der Waals surface area contributed by atoms with E-state index in [-0.39, 0.29) is 12.6 Å². The van der Waals surface area contributed by atoms with Crippen LogP contribution in [0.15, 0.2) is 23.4 Å². The molecule has 0 radical (unpaired) electrons. The minimum Gasteiger partial charge on any atom is -0.497 e. The molecule has 1 aliphatic carbocycles. The molecule has 0 spiro atoms. The lowest BCUT2D eigenvalue weighted by molar-refractivity contribution is 0.414. The molecule has 1 N–H and O–H groups in total. The van der Waals surface area contributed by atoms with Crippen molar-refractivity contribution in [2.24, 2.45) is 5.18 Å². The van der Waals surface area contributed by atoms with E-state index in [2.05, 4.69) is 30.4 Å². The third-order valence-corrected chi connectivity index (χ3v) is 5.79. The van der Waals surface area contributed by atoms with Crippen molar-refractivity contribution in [2.45, 2.75) is 52.5 Å². The van der Waals surface area contributed by atoms with Crippen LogP contribution in [0.4, 0.5) is 5.82 Å². The lowest BCUT2D eigenvalue weighted by atomic mass is 10.0. The van der Waals surface area contributed by atoms with Crippen LogP contribution in [0.5, 0.6) is 5.75 Å². The van der Waals surface area contributed by atoms with E-state index in [1.807, 2.05) is 23.6 Å². The smallest absolute Gasteiger partial charge is 0.165 e. The summed E-state index contributed by atoms with van der Waals surface area (Å²) in [6.07, 6.45) is 3.84. The van der Waals surface area contributed by atoms with Crippen molar-refractivity contribution >= 4 is 11.5 Å². The van der Waals surface area contributed by atoms with Gasteiger partial charge >= 0.3 is 0 Å². The van der Waals surface area contributed by atoms with E-state index in [0.29, 0.717) is 0 Å². The van der Waals surface area contributed by atoms with Gasteiger partial charge in [-0.1, -0.05) is 18.2 Å². The summed E-state index contributed by atoms with van der Waals surface area (Å²) >= 11 is 0. The summed E-state index contributed by atoms with van der Waals surface area (Å²) in [6, 6.07) is 6.07. The molecule has 7 nitrogen and oxygen atoms in total. The first-order chi connectivity index (χ1) is 14.1. The van der Waals surface area contributed by atoms with E-state index < -0.39 is 0 Å². The Morgan fingerprint density at radius 2 is 2.14 bits per heavy atom. The average Bonchev–Trinajstić information content (AvgIpc) is 3.31. The second-order valence-corrected chi connectivity index (χ2v) is 7.68. The van der Waals surface area contributed by atoms with Crippen molar-refractivity contribution in [3.8, 4) is 16.9 Å². The van der Waals surface area contributed by atoms with Crippen LogP contribution in [0.1, 0.15) is 42.3 Å². The summed E-state index contributed by atoms with van der Waals surface area (Å²) in [5.41, 5.74) is 7.40. The summed E-state index contributed by atoms with van der Waals surface area (Å²) in [7, 11) is 1.68. The highest BCUT2D eigenvalue weighted by molar-refractivity contribution is 5.83. The molecule has 152 valence electrons. The molecule has 1 aliphatic rings. The fraction of sp³-hybridized carbons (Fsp3) is 0.455. The maximum atomic E-state index is 10.9. The average molecular weight is 393 g/mol. The van der Waals surface area contributed by atoms with Gasteiger partial charge in [-0.3, -0.25) is 0 Å². The molecule has 1 atom stereocenters. The molecule has 4 rings (SSSR count). The molecule has 3 aromatic rings. The summed E-state index contributed by atoms with van der Waals surface area (Å²) in [5.74, 6) is 1.79. The van der Waals surface area contributed by atoms with Crippen molar-refractivity contribution in [3.63, 3.8) is 0 Å². The first kappa shape index (κ1) is 19.4. The van der Waals surface area contributed by atoms with Gasteiger partial charge in [-0.15, -0.1) is 0 Å². The third kappa shape index (κ3) is 3.34. The first-order valence-corrected chi connectivity index (χ1v) is 10.2. The number of methoxy groups -OCH3 is 1. The topological polar surface area (TPSA) is 80.9 Å². The Morgan fingerprint density at radius 3 is 2.83 bits per heavy atom. The van der Waals surface area contributed by atoms with Crippen LogP contribution in [0, 0.1) is 18.8 Å². The lowest BCUT2D eigenvalue weighted by Crippen LogP contribution is -2.24. The van der Waals surface area contributed by atoms with Crippen molar-refractivity contribution in [1.29, 1.82) is 0 Å². The maximum absolute atomic E-state index is 10.9. The van der Waals surface area contributed by atoms with Crippen LogP contribution in [0.2, 0.25) is 0 Å². The van der Waals surface area contributed by atoms with Gasteiger partial charge in [0.2, 0.25) is 0 Å². The summed E-state index contributed by atoms with van der Waals surface area (Å²) in [4.78, 5) is 15.9. The zero-order valence-corrected chi connectivity index (χ0v) is 17.5. The van der Waals surface area contributed by atoms with E-state index in [9.17, 15) is 4.91 Å². The molecule has 0 saturated carbocycles. The molecule has 1 aromatic carbocycles. The van der Waals surface area contributed by atoms with Crippen LogP contribution < -0.4 is 10.1 Å². The SMILES string of the molecule is CC[C@@H](CN=O)Nc1c2c(nc3c(-c4ccc(OC)cc4C)c(C)nn13)CCC2. The number of fused-ring (bicyclic) bond motifs is 2. The van der Waals surface area contributed by atoms with Gasteiger partial charge in [-0.2, -0.15) is 14.5 Å². The molecule has 7 heteroatoms. The molecule has 0 fully saturated rings. The number of nitrogens with zero attached hydrogens (tertiary/aromatic N) is 4. The van der Waals surface area contributed by atoms with Gasteiger partial charge in [0.1, 0.15) is 18.1 Å². The number of benzene rings is 1. The molecule has 29 heavy (non-hydrogen) atoms. The maximum Gasteiger partial charge on any atom is 0.165 e. The van der Waals surface area contributed by atoms with E-state index in [1.54, 1.807) is 7.11 Å². The number of nitrogens with one attached hydrogen (secondary N) is 1. The van der Waals surface area contributed by atoms with Gasteiger partial charge in [0.15, 0.2) is 5.65 Å². The molecular weight excluding hydrogens is 366 g/mol. The van der Waals surface area contributed by atoms with Crippen LogP contribution in [-0.4, -0.2) is 34.3 Å². The zero-order valence-electron chi connectivity index (χ0n) is 17.5. The van der Waals surface area contributed by atoms with Crippen LogP contribution in [0.25, 0.3) is 16.8 Å². The Balaban J connectivity index is 1.92. The van der Waals surface area contributed by atoms with Crippen molar-refractivity contribution in [2.75, 3.05) is 19.0 Å². The molecule has 0 aliphatic heterocycles. The lowest BCUT2D eigenvalue weighted by Gasteiger charge is -2.19. The summed E-state index contributed by atoms with van der Waals surface area (Å²) in [5, 5.41) is 11.5. The monoisotopic (exact) mass is 393 g/mol. The van der Waals surface area contributed by atoms with Gasteiger partial charge in [0.25, 0.3) is 0 Å². The standard InChI is InChI=1S/C22H27N5O2/c1-5-15(12-23-28)24-21-18-7-6-8-19(18)25-22-20(14(3)26-27(21)22)17-10-9-16(29-4)11-13(17)2/h9-11,15,24H,5-8,12H2,1-4H3/t15-/m0/s1. The molecular formula is C22H27N5O2. The normalized spacial score (nSPS) is 14.1. The highest BCUT2D eigenvalue weighted by atomic mass is 16.5. The predicted octanol–water partition coefficient (Wildman–Crippen LogP) is 4.47. The summed E-state index contributed by atoms with van der Waals surface area (Å²) < 4.78 is 7.29. The van der Waals surface area contributed by atoms with Crippen LogP contribution in [-0.2, 0) is 12.8 Å². The first-order valence-electron chi connectivity index (χ1n) is 10.2. The van der Waals surface area contributed by atoms with E-state index in [0.717, 1.165) is 71.0 Å². The van der Waals surface area contributed by atoms with E-state index in [1.165, 1.54) is 5.56 Å². The molecule has 2 aromatic heterocycles. The van der Waals surface area contributed by atoms with Gasteiger partial charge in [-0.25, -0.2) is 4.98 Å². The van der Waals surface area contributed by atoms with Gasteiger partial charge in [0.05, 0.1) is 18.8 Å². The van der Waals surface area contributed by atoms with Gasteiger partial charge in [0, 0.05) is 16.8 Å². The van der Waals surface area contributed by atoms with Crippen molar-refractivity contribution in [1.82, 2.24) is 14.6 Å². The number of hydrogen-bond donors (Lipinski definition) is 1. The number of hydrogen-bond acceptors (Lipinski definition) is 6. The quantitative estimate of drug-likeness (QED) is 0.599. The number of rotatable bonds is 7. The second-order valence-electron chi connectivity index (χ2n) is 7.68. The van der Waals surface area contributed by atoms with E-state index >= 15 is 0 Å². The zero-order chi connectivity index (χ0) is 20.5. The molecule has 2 heterocycles. The molecule has 0 bridgehead atoms. The largest absolute Gasteiger partial charge is 0.497 e. The fourth-order valence-corrected chi connectivity index (χ4v) is 4.20. The Labute approximate surface area is 170 Å². The summed E-state index contributed by atoms with van der Waals surface area (Å²) in [6.45, 7) is 6.39. The van der Waals surface area contributed by atoms with Crippen molar-refractivity contribution in [3.05, 3.63) is 45.6 Å². The van der Waals surface area contributed by atoms with Crippen LogP contribution in [0.3, 0.4) is 0 Å². The predicted molar refractivity (Wildman–Crippen MR) is 115 cm³/mol. The number of nitroso groups, excluding NO2 is 1. The molecule has 0 amide bonds. The highest BCUT2D eigenvalue weighted by Crippen LogP contribution is 2.36. The number of anilines is 1. The number of ether oxygens (including phenoxy) is 1. The molecule has 0 saturated heterocycles. The van der Waals surface area contributed by atoms with Gasteiger partial charge < -0.3 is 10.1 Å². The Bertz CT molecular complexity index is 1070. The number of aromatic nitrogens is 3. The van der Waals surface area contributed by atoms with E-state index in [4.69, 9.17) is 14.8 Å². The number of aryl methyl sites for hydroxylation is 3. The fourth-order valence-electron chi connectivity index (χ4n) is 4.20. The highest BCUT2D eigenvalue weighted by Gasteiger charge is 2.25. The molecule has 0 unspecified atom stereocenters. The minimum atomic E-state index is -0.0153. The minimum absolute atomic E-state index is 0.0153. The van der Waals surface area contributed by atoms with Crippen LogP contribution >= 0.6 is 0 Å². The Hall–Kier alpha value is -2.96. The van der Waals surface area contributed by atoms with Crippen molar-refractivity contribution < 1.29 is 4.74 Å². The van der Waals surface area contributed by atoms with Gasteiger partial charge in [-0.05, 0) is 62.8 Å². The third-order valence-electron chi connectivity index (χ3n) is 5.79. The Kier molecular flexibility index (Phi) is 5.22. The Morgan fingerprint density at radius 1 is 1.31 bits per heavy atom. The second kappa shape index (κ2) is 7.81.